The second kappa shape index (κ2) is 47.8. The molecule has 1 heterocycles. The molecular formula is C95H108Na4O17P2S4. The number of aryl methyl sites for hydroxylation is 4. The Morgan fingerprint density at radius 1 is 0.311 bits per heavy atom. The maximum Gasteiger partial charge on any atom is 1.00 e. The smallest absolute Gasteiger partial charge is 0.744 e. The second-order valence-corrected chi connectivity index (χ2v) is 42.9. The van der Waals surface area contributed by atoms with Gasteiger partial charge in [0.05, 0.1) is 46.0 Å². The van der Waals surface area contributed by atoms with Gasteiger partial charge in [-0.05, 0) is 261 Å². The van der Waals surface area contributed by atoms with Gasteiger partial charge in [0.25, 0.3) is 0 Å². The van der Waals surface area contributed by atoms with Crippen LogP contribution in [0.25, 0.3) is 0 Å². The molecule has 0 spiro atoms. The molecule has 0 bridgehead atoms. The molecule has 0 saturated carbocycles. The minimum Gasteiger partial charge on any atom is -0.744 e. The van der Waals surface area contributed by atoms with Crippen molar-refractivity contribution >= 4 is 88.1 Å². The van der Waals surface area contributed by atoms with Crippen LogP contribution in [-0.4, -0.2) is 78.3 Å². The molecule has 0 unspecified atom stereocenters. The minimum absolute atomic E-state index is 0. The molecule has 0 N–H and O–H groups in total. The number of fused-ring (bicyclic) bond motifs is 2. The van der Waals surface area contributed by atoms with Crippen molar-refractivity contribution in [3.05, 3.63) is 263 Å². The maximum absolute atomic E-state index is 11.5. The van der Waals surface area contributed by atoms with Crippen molar-refractivity contribution < 1.29 is 194 Å². The molecule has 27 heteroatoms. The van der Waals surface area contributed by atoms with Gasteiger partial charge in [0.15, 0.2) is 0 Å². The first-order valence-corrected chi connectivity index (χ1v) is 49.2. The molecule has 11 rings (SSSR count). The van der Waals surface area contributed by atoms with Crippen molar-refractivity contribution in [3.63, 3.8) is 0 Å². The van der Waals surface area contributed by atoms with Crippen molar-refractivity contribution in [1.82, 2.24) is 0 Å². The van der Waals surface area contributed by atoms with Crippen LogP contribution >= 0.6 is 15.8 Å². The largest absolute Gasteiger partial charge is 1.00 e. The Bertz CT molecular complexity index is 5200. The first kappa shape index (κ1) is 105. The zero-order chi connectivity index (χ0) is 84.5. The molecule has 0 aromatic heterocycles. The topological polar surface area (TPSA) is 275 Å². The SMILES string of the molecule is CC(C)(C)c1cc(P(c2ccc(OCCCCCCc3ccc(S(=O)(=O)[O-])cc3)cc2)c2ccc(OCCCCCCc3ccc(S(=O)(=O)[O-])cc3)cc2)c2c(c1)C(C)(C)c1ccc(C(C)(C)C)c(P(c3ccc(OCCCCCCc4ccc(S(=O)(=O)[O-])cc4)cc3)c3ccc(OCCCCCCc4ccc(S(=O)(=O)[O-])cc4)cc3)c1O2.[Na+].[Na+].[Na+].[Na+]. The van der Waals surface area contributed by atoms with Gasteiger partial charge in [-0.15, -0.1) is 0 Å². The summed E-state index contributed by atoms with van der Waals surface area (Å²) in [6, 6.07) is 68.3. The Morgan fingerprint density at radius 2 is 0.582 bits per heavy atom. The van der Waals surface area contributed by atoms with E-state index in [2.05, 4.69) is 177 Å². The third-order valence-corrected chi connectivity index (χ3v) is 30.0. The average Bonchev–Trinajstić information content (AvgIpc) is 0.708. The van der Waals surface area contributed by atoms with Crippen LogP contribution in [0.5, 0.6) is 34.5 Å². The molecule has 628 valence electrons. The van der Waals surface area contributed by atoms with Crippen LogP contribution in [0.15, 0.2) is 238 Å². The van der Waals surface area contributed by atoms with E-state index in [1.54, 1.807) is 48.5 Å². The van der Waals surface area contributed by atoms with Crippen molar-refractivity contribution in [2.45, 2.75) is 220 Å². The Morgan fingerprint density at radius 3 is 0.844 bits per heavy atom. The summed E-state index contributed by atoms with van der Waals surface area (Å²) in [6.45, 7) is 20.4. The van der Waals surface area contributed by atoms with E-state index < -0.39 is 61.7 Å². The first-order valence-electron chi connectivity index (χ1n) is 40.8. The van der Waals surface area contributed by atoms with Gasteiger partial charge in [0, 0.05) is 27.2 Å². The Balaban J connectivity index is 0.00000512. The Labute approximate surface area is 815 Å². The first-order chi connectivity index (χ1) is 56.1. The predicted molar refractivity (Wildman–Crippen MR) is 468 cm³/mol. The van der Waals surface area contributed by atoms with E-state index in [-0.39, 0.29) is 149 Å². The predicted octanol–water partition coefficient (Wildman–Crippen LogP) is 6.59. The van der Waals surface area contributed by atoms with Gasteiger partial charge < -0.3 is 41.9 Å². The fourth-order valence-electron chi connectivity index (χ4n) is 14.8. The molecule has 0 saturated heterocycles. The van der Waals surface area contributed by atoms with Crippen LogP contribution in [-0.2, 0) is 82.4 Å². The summed E-state index contributed by atoms with van der Waals surface area (Å²) in [5.41, 5.74) is 7.21. The van der Waals surface area contributed by atoms with Gasteiger partial charge >= 0.3 is 118 Å². The molecule has 10 aromatic rings. The summed E-state index contributed by atoms with van der Waals surface area (Å²) < 4.78 is 172. The zero-order valence-electron chi connectivity index (χ0n) is 72.7. The fraction of sp³-hybridized carbons (Fsp3) is 0.368. The number of unbranched alkanes of at least 4 members (excludes halogenated alkanes) is 12. The summed E-state index contributed by atoms with van der Waals surface area (Å²) in [4.78, 5) is -0.898. The van der Waals surface area contributed by atoms with Gasteiger partial charge in [-0.25, -0.2) is 33.7 Å². The molecule has 0 atom stereocenters. The van der Waals surface area contributed by atoms with E-state index in [9.17, 15) is 51.9 Å². The summed E-state index contributed by atoms with van der Waals surface area (Å²) in [7, 11) is -20.8. The van der Waals surface area contributed by atoms with Crippen molar-refractivity contribution in [3.8, 4) is 34.5 Å². The van der Waals surface area contributed by atoms with Gasteiger partial charge in [-0.1, -0.05) is 222 Å². The van der Waals surface area contributed by atoms with Crippen LogP contribution in [0.1, 0.15) is 203 Å². The second-order valence-electron chi connectivity index (χ2n) is 33.0. The molecular weight excluding hydrogens is 1700 g/mol. The van der Waals surface area contributed by atoms with Crippen LogP contribution in [0.4, 0.5) is 0 Å². The third-order valence-electron chi connectivity index (χ3n) is 21.6. The molecule has 1 aliphatic rings. The van der Waals surface area contributed by atoms with Crippen LogP contribution in [0, 0.1) is 0 Å². The molecule has 10 aromatic carbocycles. The summed E-state index contributed by atoms with van der Waals surface area (Å²) in [5.74, 6) is 4.70. The Kier molecular flexibility index (Phi) is 41.1. The minimum atomic E-state index is -4.50. The monoisotopic (exact) mass is 1800 g/mol. The quantitative estimate of drug-likeness (QED) is 0.0169. The molecule has 0 aliphatic carbocycles. The third kappa shape index (κ3) is 30.1. The molecule has 0 radical (unpaired) electrons. The zero-order valence-corrected chi connectivity index (χ0v) is 85.8. The average molecular weight is 1800 g/mol. The van der Waals surface area contributed by atoms with E-state index in [4.69, 9.17) is 23.7 Å². The number of ether oxygens (including phenoxy) is 5. The van der Waals surface area contributed by atoms with Crippen molar-refractivity contribution in [2.75, 3.05) is 26.4 Å². The number of hydrogen-bond acceptors (Lipinski definition) is 17. The standard InChI is InChI=1S/C95H112O17P2S4.4Na/c1-93(2,3)73-67-88-90(89(68-73)113(78-45-37-74(38-46-78)108-63-21-13-9-17-25-69-29-53-82(54-30-69)115(96,97)98)79-47-39-75(40-48-79)109-64-22-14-10-18-26-70-31-55-83(56-32-70)116(99,100)101)112-91-86(95(88,7)8)61-62-87(94(4,5)6)92(91)114(80-49-41-76(42-50-80)110-65-23-15-11-19-27-71-33-57-84(58-34-71)117(102,103)104)81-51-43-77(44-52-81)111-66-24-16-12-20-28-72-35-59-85(60-36-72)118(105,106)107;;;;/h29-62,67-68H,9-28,63-66H2,1-8H3,(H,96,97,98)(H,99,100,101)(H,102,103,104)(H,105,106,107);;;;/q;4*+1/p-4. The van der Waals surface area contributed by atoms with Gasteiger partial charge in [0.2, 0.25) is 0 Å². The number of benzene rings is 10. The maximum atomic E-state index is 11.5. The van der Waals surface area contributed by atoms with Crippen LogP contribution in [0.2, 0.25) is 0 Å². The van der Waals surface area contributed by atoms with E-state index in [0.717, 1.165) is 234 Å². The summed E-state index contributed by atoms with van der Waals surface area (Å²) >= 11 is 0. The fourth-order valence-corrected chi connectivity index (χ4v) is 21.8. The molecule has 17 nitrogen and oxygen atoms in total. The van der Waals surface area contributed by atoms with Crippen LogP contribution < -0.4 is 174 Å². The number of hydrogen-bond donors (Lipinski definition) is 0. The van der Waals surface area contributed by atoms with Crippen molar-refractivity contribution in [2.24, 2.45) is 0 Å². The normalized spacial score (nSPS) is 12.7. The van der Waals surface area contributed by atoms with Crippen LogP contribution in [0.3, 0.4) is 0 Å². The van der Waals surface area contributed by atoms with E-state index in [1.807, 2.05) is 0 Å². The van der Waals surface area contributed by atoms with Gasteiger partial charge in [-0.3, -0.25) is 0 Å². The number of rotatable bonds is 42. The van der Waals surface area contributed by atoms with E-state index in [1.165, 1.54) is 54.1 Å². The van der Waals surface area contributed by atoms with Crippen molar-refractivity contribution in [1.29, 1.82) is 0 Å². The Hall–Kier alpha value is -4.30. The molecule has 0 fully saturated rings. The molecule has 0 amide bonds. The van der Waals surface area contributed by atoms with E-state index in [0.29, 0.717) is 26.4 Å². The van der Waals surface area contributed by atoms with E-state index >= 15 is 0 Å². The summed E-state index contributed by atoms with van der Waals surface area (Å²) in [5, 5.41) is 6.61. The van der Waals surface area contributed by atoms with Gasteiger partial charge in [0.1, 0.15) is 75.0 Å². The van der Waals surface area contributed by atoms with Gasteiger partial charge in [-0.2, -0.15) is 0 Å². The molecule has 122 heavy (non-hydrogen) atoms. The summed E-state index contributed by atoms with van der Waals surface area (Å²) in [6.07, 6.45) is 17.7. The molecule has 1 aliphatic heterocycles.